The Morgan fingerprint density at radius 2 is 1.79 bits per heavy atom. The zero-order valence-corrected chi connectivity index (χ0v) is 11.6. The summed E-state index contributed by atoms with van der Waals surface area (Å²) in [5.41, 5.74) is 4.90. The molecule has 4 heteroatoms. The summed E-state index contributed by atoms with van der Waals surface area (Å²) in [4.78, 5) is 12.0. The average Bonchev–Trinajstić information content (AvgIpc) is 2.38. The van der Waals surface area contributed by atoms with E-state index >= 15 is 0 Å². The quantitative estimate of drug-likeness (QED) is 0.678. The summed E-state index contributed by atoms with van der Waals surface area (Å²) >= 11 is 5.21. The van der Waals surface area contributed by atoms with Crippen LogP contribution in [0.3, 0.4) is 0 Å². The van der Waals surface area contributed by atoms with E-state index < -0.39 is 0 Å². The minimum Gasteiger partial charge on any atom is -0.330 e. The number of hydrogen-bond acceptors (Lipinski definition) is 3. The highest BCUT2D eigenvalue weighted by molar-refractivity contribution is 7.71. The SMILES string of the molecule is Cc1cc(C)c2c(-c3ccccc3)[nH]c(=S)nc2n1. The van der Waals surface area contributed by atoms with Gasteiger partial charge in [-0.2, -0.15) is 4.98 Å². The Morgan fingerprint density at radius 3 is 2.53 bits per heavy atom. The van der Waals surface area contributed by atoms with E-state index in [2.05, 4.69) is 40.1 Å². The van der Waals surface area contributed by atoms with Gasteiger partial charge in [0.15, 0.2) is 10.4 Å². The summed E-state index contributed by atoms with van der Waals surface area (Å²) in [6.07, 6.45) is 0. The zero-order valence-electron chi connectivity index (χ0n) is 10.8. The van der Waals surface area contributed by atoms with Crippen molar-refractivity contribution < 1.29 is 0 Å². The van der Waals surface area contributed by atoms with Crippen LogP contribution in [0.5, 0.6) is 0 Å². The highest BCUT2D eigenvalue weighted by Gasteiger charge is 2.10. The second-order valence-electron chi connectivity index (χ2n) is 4.56. The van der Waals surface area contributed by atoms with Gasteiger partial charge < -0.3 is 4.98 Å². The fourth-order valence-electron chi connectivity index (χ4n) is 2.32. The lowest BCUT2D eigenvalue weighted by Gasteiger charge is -2.09. The highest BCUT2D eigenvalue weighted by atomic mass is 32.1. The van der Waals surface area contributed by atoms with Gasteiger partial charge in [-0.15, -0.1) is 0 Å². The first kappa shape index (κ1) is 12.0. The smallest absolute Gasteiger partial charge is 0.199 e. The van der Waals surface area contributed by atoms with Crippen LogP contribution in [0, 0.1) is 18.6 Å². The van der Waals surface area contributed by atoms with Gasteiger partial charge in [0, 0.05) is 11.1 Å². The van der Waals surface area contributed by atoms with Crippen LogP contribution in [0.25, 0.3) is 22.3 Å². The fourth-order valence-corrected chi connectivity index (χ4v) is 2.51. The third-order valence-electron chi connectivity index (χ3n) is 3.08. The maximum atomic E-state index is 5.21. The first-order valence-electron chi connectivity index (χ1n) is 6.09. The van der Waals surface area contributed by atoms with Crippen LogP contribution in [0.15, 0.2) is 36.4 Å². The van der Waals surface area contributed by atoms with Crippen LogP contribution in [-0.2, 0) is 0 Å². The van der Waals surface area contributed by atoms with Crippen LogP contribution in [0.1, 0.15) is 11.3 Å². The van der Waals surface area contributed by atoms with Crippen molar-refractivity contribution in [2.45, 2.75) is 13.8 Å². The van der Waals surface area contributed by atoms with Gasteiger partial charge in [0.05, 0.1) is 5.69 Å². The Hall–Kier alpha value is -2.07. The van der Waals surface area contributed by atoms with Crippen LogP contribution >= 0.6 is 12.2 Å². The summed E-state index contributed by atoms with van der Waals surface area (Å²) in [6, 6.07) is 12.2. The molecule has 94 valence electrons. The number of H-pyrrole nitrogens is 1. The number of hydrogen-bond donors (Lipinski definition) is 1. The van der Waals surface area contributed by atoms with E-state index in [1.54, 1.807) is 0 Å². The number of nitrogens with one attached hydrogen (secondary N) is 1. The Balaban J connectivity index is 2.45. The zero-order chi connectivity index (χ0) is 13.4. The molecule has 1 aromatic carbocycles. The molecule has 0 atom stereocenters. The van der Waals surface area contributed by atoms with E-state index in [4.69, 9.17) is 12.2 Å². The van der Waals surface area contributed by atoms with Crippen molar-refractivity contribution in [1.29, 1.82) is 0 Å². The van der Waals surface area contributed by atoms with Crippen molar-refractivity contribution in [3.63, 3.8) is 0 Å². The van der Waals surface area contributed by atoms with E-state index in [1.165, 1.54) is 0 Å². The Kier molecular flexibility index (Phi) is 2.87. The molecule has 1 N–H and O–H groups in total. The normalized spacial score (nSPS) is 10.8. The van der Waals surface area contributed by atoms with Gasteiger partial charge >= 0.3 is 0 Å². The van der Waals surface area contributed by atoms with Gasteiger partial charge in [0.2, 0.25) is 0 Å². The molecule has 0 bridgehead atoms. The molecule has 19 heavy (non-hydrogen) atoms. The topological polar surface area (TPSA) is 41.6 Å². The van der Waals surface area contributed by atoms with Gasteiger partial charge in [0.1, 0.15) is 0 Å². The van der Waals surface area contributed by atoms with Crippen molar-refractivity contribution in [3.8, 4) is 11.3 Å². The minimum atomic E-state index is 0.462. The predicted molar refractivity (Wildman–Crippen MR) is 79.6 cm³/mol. The molecule has 0 spiro atoms. The standard InChI is InChI=1S/C15H13N3S/c1-9-8-10(2)16-14-12(9)13(17-15(19)18-14)11-6-4-3-5-7-11/h3-8H,1-2H3,(H,16,17,18,19). The van der Waals surface area contributed by atoms with Crippen LogP contribution in [0.2, 0.25) is 0 Å². The van der Waals surface area contributed by atoms with Crippen molar-refractivity contribution >= 4 is 23.3 Å². The van der Waals surface area contributed by atoms with Gasteiger partial charge in [-0.3, -0.25) is 0 Å². The molecule has 3 rings (SSSR count). The molecule has 3 aromatic rings. The summed E-state index contributed by atoms with van der Waals surface area (Å²) in [6.45, 7) is 4.04. The molecule has 0 amide bonds. The Labute approximate surface area is 116 Å². The lowest BCUT2D eigenvalue weighted by atomic mass is 10.0. The molecule has 0 radical (unpaired) electrons. The number of rotatable bonds is 1. The third kappa shape index (κ3) is 2.15. The van der Waals surface area contributed by atoms with Crippen molar-refractivity contribution in [2.75, 3.05) is 0 Å². The van der Waals surface area contributed by atoms with Crippen LogP contribution in [-0.4, -0.2) is 15.0 Å². The summed E-state index contributed by atoms with van der Waals surface area (Å²) in [5.74, 6) is 0. The van der Waals surface area contributed by atoms with Gasteiger partial charge in [0.25, 0.3) is 0 Å². The van der Waals surface area contributed by atoms with Gasteiger partial charge in [-0.25, -0.2) is 4.98 Å². The first-order chi connectivity index (χ1) is 9.15. The number of nitrogens with zero attached hydrogens (tertiary/aromatic N) is 2. The molecule has 0 aliphatic rings. The lowest BCUT2D eigenvalue weighted by molar-refractivity contribution is 1.12. The largest absolute Gasteiger partial charge is 0.330 e. The number of fused-ring (bicyclic) bond motifs is 1. The van der Waals surface area contributed by atoms with E-state index in [-0.39, 0.29) is 0 Å². The summed E-state index contributed by atoms with van der Waals surface area (Å²) in [7, 11) is 0. The van der Waals surface area contributed by atoms with E-state index in [0.29, 0.717) is 10.4 Å². The fraction of sp³-hybridized carbons (Fsp3) is 0.133. The predicted octanol–water partition coefficient (Wildman–Crippen LogP) is 3.97. The number of aromatic nitrogens is 3. The number of aryl methyl sites for hydroxylation is 2. The molecule has 2 aromatic heterocycles. The number of benzene rings is 1. The highest BCUT2D eigenvalue weighted by Crippen LogP contribution is 2.27. The van der Waals surface area contributed by atoms with Gasteiger partial charge in [-0.1, -0.05) is 30.3 Å². The maximum absolute atomic E-state index is 5.21. The molecule has 0 unspecified atom stereocenters. The minimum absolute atomic E-state index is 0.462. The molecular formula is C15H13N3S. The average molecular weight is 267 g/mol. The van der Waals surface area contributed by atoms with Crippen molar-refractivity contribution in [3.05, 3.63) is 52.4 Å². The molecular weight excluding hydrogens is 254 g/mol. The third-order valence-corrected chi connectivity index (χ3v) is 3.27. The lowest BCUT2D eigenvalue weighted by Crippen LogP contribution is -1.97. The van der Waals surface area contributed by atoms with Crippen molar-refractivity contribution in [1.82, 2.24) is 15.0 Å². The summed E-state index contributed by atoms with van der Waals surface area (Å²) < 4.78 is 0.462. The van der Waals surface area contributed by atoms with E-state index in [0.717, 1.165) is 27.9 Å². The number of aromatic amines is 1. The molecule has 0 saturated heterocycles. The van der Waals surface area contributed by atoms with Gasteiger partial charge in [-0.05, 0) is 43.3 Å². The number of pyridine rings is 1. The van der Waals surface area contributed by atoms with Crippen molar-refractivity contribution in [2.24, 2.45) is 0 Å². The Bertz CT molecular complexity index is 807. The molecule has 2 heterocycles. The second kappa shape index (κ2) is 4.55. The monoisotopic (exact) mass is 267 g/mol. The molecule has 0 fully saturated rings. The molecule has 0 aliphatic heterocycles. The second-order valence-corrected chi connectivity index (χ2v) is 4.95. The van der Waals surface area contributed by atoms with E-state index in [1.807, 2.05) is 25.1 Å². The maximum Gasteiger partial charge on any atom is 0.199 e. The molecule has 0 saturated carbocycles. The first-order valence-corrected chi connectivity index (χ1v) is 6.49. The summed E-state index contributed by atoms with van der Waals surface area (Å²) in [5, 5.41) is 1.03. The van der Waals surface area contributed by atoms with Crippen LogP contribution in [0.4, 0.5) is 0 Å². The molecule has 0 aliphatic carbocycles. The van der Waals surface area contributed by atoms with Crippen LogP contribution < -0.4 is 0 Å². The van der Waals surface area contributed by atoms with E-state index in [9.17, 15) is 0 Å². The molecule has 3 nitrogen and oxygen atoms in total. The Morgan fingerprint density at radius 1 is 1.05 bits per heavy atom.